The van der Waals surface area contributed by atoms with Gasteiger partial charge >= 0.3 is 0 Å². The third-order valence-corrected chi connectivity index (χ3v) is 2.33. The van der Waals surface area contributed by atoms with Gasteiger partial charge in [0.05, 0.1) is 0 Å². The minimum Gasteiger partial charge on any atom is -0.399 e. The highest BCUT2D eigenvalue weighted by Gasteiger charge is 1.99. The highest BCUT2D eigenvalue weighted by molar-refractivity contribution is 5.66. The van der Waals surface area contributed by atoms with Crippen LogP contribution in [0.4, 0.5) is 5.69 Å². The Kier molecular flexibility index (Phi) is 2.42. The summed E-state index contributed by atoms with van der Waals surface area (Å²) >= 11 is 0. The first-order chi connectivity index (χ1) is 7.15. The Morgan fingerprint density at radius 3 is 1.93 bits per heavy atom. The molecule has 0 radical (unpaired) electrons. The number of hydrogen-bond donors (Lipinski definition) is 1. The van der Waals surface area contributed by atoms with Crippen LogP contribution in [0.5, 0.6) is 0 Å². The lowest BCUT2D eigenvalue weighted by atomic mass is 10.0. The van der Waals surface area contributed by atoms with Gasteiger partial charge in [-0.05, 0) is 49.2 Å². The Labute approximate surface area is 89.8 Å². The number of anilines is 1. The van der Waals surface area contributed by atoms with Gasteiger partial charge in [0.25, 0.3) is 0 Å². The van der Waals surface area contributed by atoms with Crippen molar-refractivity contribution in [3.8, 4) is 11.1 Å². The molecule has 2 nitrogen and oxygen atoms in total. The molecule has 2 heteroatoms. The van der Waals surface area contributed by atoms with Gasteiger partial charge in [0.1, 0.15) is 0 Å². The van der Waals surface area contributed by atoms with E-state index in [1.165, 1.54) is 11.1 Å². The second-order valence-electron chi connectivity index (χ2n) is 3.76. The smallest absolute Gasteiger partial charge is 0.0382 e. The average Bonchev–Trinajstić information content (AvgIpc) is 2.17. The summed E-state index contributed by atoms with van der Waals surface area (Å²) in [4.78, 5) is 4.35. The second-order valence-corrected chi connectivity index (χ2v) is 3.76. The Bertz CT molecular complexity index is 452. The summed E-state index contributed by atoms with van der Waals surface area (Å²) in [6.07, 6.45) is 0. The zero-order valence-electron chi connectivity index (χ0n) is 8.99. The summed E-state index contributed by atoms with van der Waals surface area (Å²) < 4.78 is 0. The zero-order chi connectivity index (χ0) is 10.8. The molecule has 0 saturated carbocycles. The first-order valence-corrected chi connectivity index (χ1v) is 4.96. The molecular weight excluding hydrogens is 184 g/mol. The quantitative estimate of drug-likeness (QED) is 0.715. The van der Waals surface area contributed by atoms with E-state index in [-0.39, 0.29) is 0 Å². The van der Waals surface area contributed by atoms with Gasteiger partial charge < -0.3 is 5.73 Å². The Morgan fingerprint density at radius 2 is 1.40 bits per heavy atom. The van der Waals surface area contributed by atoms with E-state index in [0.29, 0.717) is 0 Å². The lowest BCUT2D eigenvalue weighted by Crippen LogP contribution is -1.88. The van der Waals surface area contributed by atoms with Gasteiger partial charge in [-0.2, -0.15) is 0 Å². The number of nitrogen functional groups attached to an aromatic ring is 1. The van der Waals surface area contributed by atoms with Crippen LogP contribution in [0.3, 0.4) is 0 Å². The molecule has 2 aromatic rings. The van der Waals surface area contributed by atoms with Gasteiger partial charge in [-0.25, -0.2) is 0 Å². The fourth-order valence-corrected chi connectivity index (χ4v) is 1.68. The van der Waals surface area contributed by atoms with Crippen LogP contribution < -0.4 is 5.73 Å². The Balaban J connectivity index is 2.49. The summed E-state index contributed by atoms with van der Waals surface area (Å²) in [5.74, 6) is 0. The van der Waals surface area contributed by atoms with Crippen LogP contribution >= 0.6 is 0 Å². The monoisotopic (exact) mass is 198 g/mol. The van der Waals surface area contributed by atoms with E-state index in [1.807, 2.05) is 38.1 Å². The summed E-state index contributed by atoms with van der Waals surface area (Å²) in [6.45, 7) is 4.02. The number of nitrogens with zero attached hydrogens (tertiary/aromatic N) is 1. The predicted octanol–water partition coefficient (Wildman–Crippen LogP) is 2.95. The van der Waals surface area contributed by atoms with Crippen LogP contribution in [0.15, 0.2) is 36.4 Å². The molecule has 0 atom stereocenters. The molecule has 0 amide bonds. The number of aromatic nitrogens is 1. The fourth-order valence-electron chi connectivity index (χ4n) is 1.68. The van der Waals surface area contributed by atoms with E-state index in [1.54, 1.807) is 0 Å². The molecule has 2 N–H and O–H groups in total. The molecule has 2 rings (SSSR count). The van der Waals surface area contributed by atoms with E-state index >= 15 is 0 Å². The molecule has 0 aliphatic carbocycles. The van der Waals surface area contributed by atoms with Crippen LogP contribution in [0.25, 0.3) is 11.1 Å². The maximum Gasteiger partial charge on any atom is 0.0382 e. The molecule has 1 aromatic carbocycles. The maximum absolute atomic E-state index is 5.65. The standard InChI is InChI=1S/C13H14N2/c1-9-7-12(8-10(2)15-9)11-3-5-13(14)6-4-11/h3-8H,14H2,1-2H3. The van der Waals surface area contributed by atoms with Crippen molar-refractivity contribution in [2.24, 2.45) is 0 Å². The van der Waals surface area contributed by atoms with Crippen molar-refractivity contribution in [2.75, 3.05) is 5.73 Å². The van der Waals surface area contributed by atoms with Crippen LogP contribution in [-0.4, -0.2) is 4.98 Å². The molecule has 76 valence electrons. The van der Waals surface area contributed by atoms with E-state index in [0.717, 1.165) is 17.1 Å². The van der Waals surface area contributed by atoms with Crippen molar-refractivity contribution in [2.45, 2.75) is 13.8 Å². The van der Waals surface area contributed by atoms with Crippen molar-refractivity contribution in [3.63, 3.8) is 0 Å². The van der Waals surface area contributed by atoms with Crippen LogP contribution in [-0.2, 0) is 0 Å². The van der Waals surface area contributed by atoms with Crippen LogP contribution in [0.1, 0.15) is 11.4 Å². The summed E-state index contributed by atoms with van der Waals surface area (Å²) in [7, 11) is 0. The van der Waals surface area contributed by atoms with Crippen LogP contribution in [0.2, 0.25) is 0 Å². The van der Waals surface area contributed by atoms with Gasteiger partial charge in [0.15, 0.2) is 0 Å². The van der Waals surface area contributed by atoms with Crippen molar-refractivity contribution < 1.29 is 0 Å². The SMILES string of the molecule is Cc1cc(-c2ccc(N)cc2)cc(C)n1. The average molecular weight is 198 g/mol. The molecule has 0 unspecified atom stereocenters. The molecule has 0 bridgehead atoms. The number of benzene rings is 1. The van der Waals surface area contributed by atoms with Crippen molar-refractivity contribution in [1.82, 2.24) is 4.98 Å². The highest BCUT2D eigenvalue weighted by atomic mass is 14.7. The van der Waals surface area contributed by atoms with E-state index in [9.17, 15) is 0 Å². The molecule has 0 fully saturated rings. The Morgan fingerprint density at radius 1 is 0.867 bits per heavy atom. The Hall–Kier alpha value is -1.83. The number of aryl methyl sites for hydroxylation is 2. The van der Waals surface area contributed by atoms with Gasteiger partial charge in [-0.3, -0.25) is 4.98 Å². The fraction of sp³-hybridized carbons (Fsp3) is 0.154. The first-order valence-electron chi connectivity index (χ1n) is 4.96. The zero-order valence-corrected chi connectivity index (χ0v) is 8.99. The molecule has 0 saturated heterocycles. The predicted molar refractivity (Wildman–Crippen MR) is 63.6 cm³/mol. The molecule has 0 aliphatic rings. The van der Waals surface area contributed by atoms with Crippen LogP contribution in [0, 0.1) is 13.8 Å². The van der Waals surface area contributed by atoms with Crippen molar-refractivity contribution >= 4 is 5.69 Å². The van der Waals surface area contributed by atoms with E-state index in [4.69, 9.17) is 5.73 Å². The molecule has 15 heavy (non-hydrogen) atoms. The summed E-state index contributed by atoms with van der Waals surface area (Å²) in [5, 5.41) is 0. The van der Waals surface area contributed by atoms with Gasteiger partial charge in [0, 0.05) is 17.1 Å². The number of hydrogen-bond acceptors (Lipinski definition) is 2. The second kappa shape index (κ2) is 3.73. The molecule has 1 aromatic heterocycles. The molecule has 1 heterocycles. The number of pyridine rings is 1. The largest absolute Gasteiger partial charge is 0.399 e. The summed E-state index contributed by atoms with van der Waals surface area (Å²) in [5.41, 5.74) is 10.9. The van der Waals surface area contributed by atoms with Gasteiger partial charge in [-0.1, -0.05) is 12.1 Å². The lowest BCUT2D eigenvalue weighted by Gasteiger charge is -2.04. The third-order valence-electron chi connectivity index (χ3n) is 2.33. The van der Waals surface area contributed by atoms with E-state index < -0.39 is 0 Å². The van der Waals surface area contributed by atoms with Gasteiger partial charge in [-0.15, -0.1) is 0 Å². The summed E-state index contributed by atoms with van der Waals surface area (Å²) in [6, 6.07) is 12.1. The lowest BCUT2D eigenvalue weighted by molar-refractivity contribution is 1.12. The van der Waals surface area contributed by atoms with Gasteiger partial charge in [0.2, 0.25) is 0 Å². The number of rotatable bonds is 1. The van der Waals surface area contributed by atoms with E-state index in [2.05, 4.69) is 17.1 Å². The van der Waals surface area contributed by atoms with Crippen molar-refractivity contribution in [1.29, 1.82) is 0 Å². The minimum absolute atomic E-state index is 0.793. The maximum atomic E-state index is 5.65. The third kappa shape index (κ3) is 2.15. The highest BCUT2D eigenvalue weighted by Crippen LogP contribution is 2.21. The minimum atomic E-state index is 0.793. The molecule has 0 aliphatic heterocycles. The molecule has 0 spiro atoms. The normalized spacial score (nSPS) is 10.3. The first kappa shape index (κ1) is 9.71. The number of nitrogens with two attached hydrogens (primary N) is 1. The van der Waals surface area contributed by atoms with Crippen molar-refractivity contribution in [3.05, 3.63) is 47.8 Å². The topological polar surface area (TPSA) is 38.9 Å². The molecular formula is C13H14N2.